The number of hydrogen-bond acceptors (Lipinski definition) is 4. The van der Waals surface area contributed by atoms with Gasteiger partial charge in [0.15, 0.2) is 17.4 Å². The minimum Gasteiger partial charge on any atom is -0.505 e. The summed E-state index contributed by atoms with van der Waals surface area (Å²) >= 11 is 0. The fourth-order valence-corrected chi connectivity index (χ4v) is 2.55. The Morgan fingerprint density at radius 1 is 1.39 bits per heavy atom. The molecule has 6 nitrogen and oxygen atoms in total. The van der Waals surface area contributed by atoms with Gasteiger partial charge in [0, 0.05) is 13.0 Å². The summed E-state index contributed by atoms with van der Waals surface area (Å²) in [5, 5.41) is 19.8. The van der Waals surface area contributed by atoms with E-state index in [1.165, 1.54) is 6.42 Å². The number of halogens is 2. The monoisotopic (exact) mass is 322 g/mol. The molecule has 0 spiro atoms. The fraction of sp³-hybridized carbons (Fsp3) is 0.400. The number of phenols is 1. The zero-order valence-corrected chi connectivity index (χ0v) is 12.5. The Labute approximate surface area is 131 Å². The standard InChI is InChI=1S/C15H16F2N4O2/c1-21-11(19-20-14(21)8-3-2-4-8)7-18-15(23)12-9(16)5-6-10(22)13(12)17/h5-6,8,22H,2-4,7H2,1H3,(H,18,23). The normalized spacial score (nSPS) is 14.6. The summed E-state index contributed by atoms with van der Waals surface area (Å²) in [6.07, 6.45) is 3.30. The van der Waals surface area contributed by atoms with Crippen molar-refractivity contribution in [2.45, 2.75) is 31.7 Å². The van der Waals surface area contributed by atoms with E-state index in [0.29, 0.717) is 11.7 Å². The van der Waals surface area contributed by atoms with Crippen LogP contribution in [-0.2, 0) is 13.6 Å². The summed E-state index contributed by atoms with van der Waals surface area (Å²) < 4.78 is 29.1. The number of hydrogen-bond donors (Lipinski definition) is 2. The van der Waals surface area contributed by atoms with Gasteiger partial charge in [-0.25, -0.2) is 8.78 Å². The number of aromatic hydroxyl groups is 1. The first-order chi connectivity index (χ1) is 11.0. The van der Waals surface area contributed by atoms with E-state index in [-0.39, 0.29) is 6.54 Å². The number of phenolic OH excluding ortho intramolecular Hbond substituents is 1. The Bertz CT molecular complexity index is 756. The number of nitrogens with one attached hydrogen (secondary N) is 1. The Morgan fingerprint density at radius 3 is 2.78 bits per heavy atom. The molecule has 1 amide bonds. The molecular weight excluding hydrogens is 306 g/mol. The average molecular weight is 322 g/mol. The van der Waals surface area contributed by atoms with Gasteiger partial charge in [0.1, 0.15) is 17.2 Å². The summed E-state index contributed by atoms with van der Waals surface area (Å²) in [5.74, 6) is -2.30. The van der Waals surface area contributed by atoms with Crippen LogP contribution in [0.1, 0.15) is 47.2 Å². The fourth-order valence-electron chi connectivity index (χ4n) is 2.55. The van der Waals surface area contributed by atoms with Gasteiger partial charge in [-0.2, -0.15) is 0 Å². The van der Waals surface area contributed by atoms with Gasteiger partial charge in [0.25, 0.3) is 5.91 Å². The van der Waals surface area contributed by atoms with Gasteiger partial charge in [-0.05, 0) is 25.0 Å². The highest BCUT2D eigenvalue weighted by molar-refractivity contribution is 5.95. The quantitative estimate of drug-likeness (QED) is 0.902. The Balaban J connectivity index is 1.73. The summed E-state index contributed by atoms with van der Waals surface area (Å²) in [6, 6.07) is 1.69. The first-order valence-corrected chi connectivity index (χ1v) is 7.32. The molecule has 3 rings (SSSR count). The minimum atomic E-state index is -1.28. The lowest BCUT2D eigenvalue weighted by molar-refractivity contribution is 0.0940. The van der Waals surface area contributed by atoms with Crippen molar-refractivity contribution in [2.24, 2.45) is 7.05 Å². The summed E-state index contributed by atoms with van der Waals surface area (Å²) in [6.45, 7) is -0.0103. The van der Waals surface area contributed by atoms with Gasteiger partial charge < -0.3 is 15.0 Å². The van der Waals surface area contributed by atoms with E-state index in [9.17, 15) is 18.7 Å². The van der Waals surface area contributed by atoms with Gasteiger partial charge in [-0.1, -0.05) is 6.42 Å². The first kappa shape index (κ1) is 15.4. The van der Waals surface area contributed by atoms with Crippen LogP contribution in [-0.4, -0.2) is 25.8 Å². The topological polar surface area (TPSA) is 80.0 Å². The molecule has 2 aromatic rings. The minimum absolute atomic E-state index is 0.0103. The van der Waals surface area contributed by atoms with Crippen LogP contribution in [0.3, 0.4) is 0 Å². The van der Waals surface area contributed by atoms with E-state index >= 15 is 0 Å². The highest BCUT2D eigenvalue weighted by Crippen LogP contribution is 2.35. The highest BCUT2D eigenvalue weighted by Gasteiger charge is 2.26. The maximum Gasteiger partial charge on any atom is 0.257 e. The molecule has 2 N–H and O–H groups in total. The number of benzene rings is 1. The van der Waals surface area contributed by atoms with E-state index in [0.717, 1.165) is 30.8 Å². The molecule has 0 radical (unpaired) electrons. The van der Waals surface area contributed by atoms with Crippen LogP contribution in [0.4, 0.5) is 8.78 Å². The lowest BCUT2D eigenvalue weighted by Gasteiger charge is -2.24. The van der Waals surface area contributed by atoms with Crippen LogP contribution in [0.15, 0.2) is 12.1 Å². The number of rotatable bonds is 4. The second-order valence-electron chi connectivity index (χ2n) is 5.60. The number of carbonyl (C=O) groups excluding carboxylic acids is 1. The SMILES string of the molecule is Cn1c(CNC(=O)c2c(F)ccc(O)c2F)nnc1C1CCC1. The molecule has 1 aromatic heterocycles. The van der Waals surface area contributed by atoms with Crippen molar-refractivity contribution in [3.8, 4) is 5.75 Å². The number of carbonyl (C=O) groups is 1. The largest absolute Gasteiger partial charge is 0.505 e. The smallest absolute Gasteiger partial charge is 0.257 e. The van der Waals surface area contributed by atoms with Crippen molar-refractivity contribution in [1.82, 2.24) is 20.1 Å². The van der Waals surface area contributed by atoms with Crippen molar-refractivity contribution in [3.63, 3.8) is 0 Å². The van der Waals surface area contributed by atoms with Gasteiger partial charge in [-0.3, -0.25) is 4.79 Å². The molecule has 23 heavy (non-hydrogen) atoms. The van der Waals surface area contributed by atoms with Crippen molar-refractivity contribution >= 4 is 5.91 Å². The molecule has 0 atom stereocenters. The van der Waals surface area contributed by atoms with Crippen LogP contribution in [0.2, 0.25) is 0 Å². The Morgan fingerprint density at radius 2 is 2.13 bits per heavy atom. The second kappa shape index (κ2) is 5.94. The molecule has 0 unspecified atom stereocenters. The van der Waals surface area contributed by atoms with Crippen LogP contribution >= 0.6 is 0 Å². The van der Waals surface area contributed by atoms with Crippen molar-refractivity contribution < 1.29 is 18.7 Å². The number of amides is 1. The molecule has 0 bridgehead atoms. The molecule has 122 valence electrons. The van der Waals surface area contributed by atoms with E-state index in [1.54, 1.807) is 11.6 Å². The van der Waals surface area contributed by atoms with Crippen LogP contribution in [0.5, 0.6) is 5.75 Å². The summed E-state index contributed by atoms with van der Waals surface area (Å²) in [5.41, 5.74) is -0.814. The average Bonchev–Trinajstić information content (AvgIpc) is 2.81. The molecular formula is C15H16F2N4O2. The third-order valence-electron chi connectivity index (χ3n) is 4.17. The number of aromatic nitrogens is 3. The van der Waals surface area contributed by atoms with Crippen LogP contribution in [0, 0.1) is 11.6 Å². The zero-order chi connectivity index (χ0) is 16.6. The molecule has 8 heteroatoms. The number of nitrogens with zero attached hydrogens (tertiary/aromatic N) is 3. The molecule has 1 aliphatic rings. The predicted molar refractivity (Wildman–Crippen MR) is 76.8 cm³/mol. The van der Waals surface area contributed by atoms with Crippen LogP contribution < -0.4 is 5.32 Å². The molecule has 0 aliphatic heterocycles. The maximum atomic E-state index is 13.7. The zero-order valence-electron chi connectivity index (χ0n) is 12.5. The molecule has 1 fully saturated rings. The van der Waals surface area contributed by atoms with E-state index in [2.05, 4.69) is 15.5 Å². The lowest BCUT2D eigenvalue weighted by Crippen LogP contribution is -2.26. The van der Waals surface area contributed by atoms with Crippen molar-refractivity contribution in [2.75, 3.05) is 0 Å². The lowest BCUT2D eigenvalue weighted by atomic mass is 9.85. The summed E-state index contributed by atoms with van der Waals surface area (Å²) in [4.78, 5) is 12.0. The van der Waals surface area contributed by atoms with E-state index in [1.807, 2.05) is 0 Å². The molecule has 1 heterocycles. The highest BCUT2D eigenvalue weighted by atomic mass is 19.1. The van der Waals surface area contributed by atoms with E-state index < -0.39 is 28.9 Å². The van der Waals surface area contributed by atoms with Gasteiger partial charge in [0.2, 0.25) is 0 Å². The van der Waals surface area contributed by atoms with Gasteiger partial charge in [-0.15, -0.1) is 10.2 Å². The summed E-state index contributed by atoms with van der Waals surface area (Å²) in [7, 11) is 1.80. The van der Waals surface area contributed by atoms with Gasteiger partial charge >= 0.3 is 0 Å². The third kappa shape index (κ3) is 2.76. The van der Waals surface area contributed by atoms with Crippen molar-refractivity contribution in [1.29, 1.82) is 0 Å². The first-order valence-electron chi connectivity index (χ1n) is 7.32. The Hall–Kier alpha value is -2.51. The molecule has 1 aliphatic carbocycles. The van der Waals surface area contributed by atoms with E-state index in [4.69, 9.17) is 0 Å². The van der Waals surface area contributed by atoms with Crippen LogP contribution in [0.25, 0.3) is 0 Å². The van der Waals surface area contributed by atoms with Crippen molar-refractivity contribution in [3.05, 3.63) is 41.0 Å². The molecule has 1 aromatic carbocycles. The third-order valence-corrected chi connectivity index (χ3v) is 4.17. The molecule has 1 saturated carbocycles. The Kier molecular flexibility index (Phi) is 3.97. The maximum absolute atomic E-state index is 13.7. The second-order valence-corrected chi connectivity index (χ2v) is 5.60. The predicted octanol–water partition coefficient (Wildman–Crippen LogP) is 2.00. The van der Waals surface area contributed by atoms with Gasteiger partial charge in [0.05, 0.1) is 6.54 Å². The molecule has 0 saturated heterocycles.